The van der Waals surface area contributed by atoms with Gasteiger partial charge in [-0.1, -0.05) is 0 Å². The maximum absolute atomic E-state index is 12.7. The molecule has 2 aliphatic rings. The summed E-state index contributed by atoms with van der Waals surface area (Å²) in [5.74, 6) is 1.23. The molecule has 4 rings (SSSR count). The summed E-state index contributed by atoms with van der Waals surface area (Å²) >= 11 is 0. The number of aromatic nitrogens is 3. The number of nitrogens with zero attached hydrogens (tertiary/aromatic N) is 5. The maximum atomic E-state index is 12.7. The number of carbonyl (C=O) groups excluding carboxylic acids is 1. The highest BCUT2D eigenvalue weighted by Crippen LogP contribution is 2.26. The summed E-state index contributed by atoms with van der Waals surface area (Å²) in [7, 11) is 0. The van der Waals surface area contributed by atoms with E-state index in [1.165, 1.54) is 0 Å². The van der Waals surface area contributed by atoms with E-state index in [2.05, 4.69) is 15.0 Å². The number of morpholine rings is 1. The first kappa shape index (κ1) is 14.4. The molecule has 0 bridgehead atoms. The van der Waals surface area contributed by atoms with Gasteiger partial charge in [0.05, 0.1) is 25.3 Å². The van der Waals surface area contributed by atoms with Gasteiger partial charge >= 0.3 is 0 Å². The Kier molecular flexibility index (Phi) is 3.87. The van der Waals surface area contributed by atoms with Gasteiger partial charge in [-0.05, 0) is 18.9 Å². The van der Waals surface area contributed by atoms with Crippen molar-refractivity contribution in [3.05, 3.63) is 24.7 Å². The molecule has 1 amide bonds. The maximum Gasteiger partial charge on any atom is 0.227 e. The van der Waals surface area contributed by atoms with Crippen molar-refractivity contribution in [1.82, 2.24) is 19.5 Å². The largest absolute Gasteiger partial charge is 0.378 e. The van der Waals surface area contributed by atoms with Crippen LogP contribution in [0.25, 0.3) is 5.52 Å². The third-order valence-corrected chi connectivity index (χ3v) is 4.70. The summed E-state index contributed by atoms with van der Waals surface area (Å²) in [6.45, 7) is 4.40. The Hall–Kier alpha value is -2.15. The van der Waals surface area contributed by atoms with Crippen molar-refractivity contribution in [2.75, 3.05) is 44.3 Å². The highest BCUT2D eigenvalue weighted by Gasteiger charge is 2.31. The third kappa shape index (κ3) is 2.76. The molecule has 0 spiro atoms. The number of piperidine rings is 1. The van der Waals surface area contributed by atoms with Crippen molar-refractivity contribution < 1.29 is 9.53 Å². The highest BCUT2D eigenvalue weighted by atomic mass is 16.5. The molecule has 0 radical (unpaired) electrons. The third-order valence-electron chi connectivity index (χ3n) is 4.70. The summed E-state index contributed by atoms with van der Waals surface area (Å²) in [4.78, 5) is 21.5. The quantitative estimate of drug-likeness (QED) is 0.820. The van der Waals surface area contributed by atoms with E-state index >= 15 is 0 Å². The van der Waals surface area contributed by atoms with Crippen LogP contribution >= 0.6 is 0 Å². The number of hydrogen-bond donors (Lipinski definition) is 0. The van der Waals surface area contributed by atoms with Crippen molar-refractivity contribution in [3.63, 3.8) is 0 Å². The van der Waals surface area contributed by atoms with Gasteiger partial charge in [0, 0.05) is 38.6 Å². The first-order valence-electron chi connectivity index (χ1n) is 8.23. The van der Waals surface area contributed by atoms with E-state index in [0.717, 1.165) is 37.3 Å². The molecule has 0 N–H and O–H groups in total. The molecule has 23 heavy (non-hydrogen) atoms. The van der Waals surface area contributed by atoms with Crippen LogP contribution in [0, 0.1) is 5.92 Å². The molecule has 2 aromatic heterocycles. The predicted octanol–water partition coefficient (Wildman–Crippen LogP) is 0.804. The molecule has 7 nitrogen and oxygen atoms in total. The standard InChI is InChI=1S/C16H21N5O2/c22-16(19-8-10-23-11-9-19)13-2-1-6-20(12-13)15-14-3-4-18-21(14)7-5-17-15/h3-5,7,13H,1-2,6,8-12H2. The topological polar surface area (TPSA) is 63.0 Å². The second-order valence-electron chi connectivity index (χ2n) is 6.13. The van der Waals surface area contributed by atoms with Crippen LogP contribution in [0.4, 0.5) is 5.82 Å². The van der Waals surface area contributed by atoms with Gasteiger partial charge in [0.25, 0.3) is 0 Å². The second kappa shape index (κ2) is 6.16. The molecule has 7 heteroatoms. The van der Waals surface area contributed by atoms with E-state index < -0.39 is 0 Å². The van der Waals surface area contributed by atoms with Crippen molar-refractivity contribution >= 4 is 17.2 Å². The number of rotatable bonds is 2. The molecule has 4 heterocycles. The van der Waals surface area contributed by atoms with Crippen LogP contribution in [0.3, 0.4) is 0 Å². The minimum Gasteiger partial charge on any atom is -0.378 e. The molecule has 1 unspecified atom stereocenters. The van der Waals surface area contributed by atoms with Crippen LogP contribution in [0.5, 0.6) is 0 Å². The lowest BCUT2D eigenvalue weighted by molar-refractivity contribution is -0.139. The van der Waals surface area contributed by atoms with Gasteiger partial charge in [0.15, 0.2) is 5.82 Å². The van der Waals surface area contributed by atoms with Gasteiger partial charge in [-0.25, -0.2) is 9.50 Å². The Balaban J connectivity index is 1.52. The van der Waals surface area contributed by atoms with Crippen LogP contribution in [0.15, 0.2) is 24.7 Å². The average Bonchev–Trinajstić information content (AvgIpc) is 3.10. The summed E-state index contributed by atoms with van der Waals surface area (Å²) in [6.07, 6.45) is 7.36. The van der Waals surface area contributed by atoms with Gasteiger partial charge in [-0.2, -0.15) is 5.10 Å². The first-order chi connectivity index (χ1) is 11.3. The van der Waals surface area contributed by atoms with E-state index in [4.69, 9.17) is 4.74 Å². The van der Waals surface area contributed by atoms with Crippen molar-refractivity contribution in [2.45, 2.75) is 12.8 Å². The fraction of sp³-hybridized carbons (Fsp3) is 0.562. The molecular formula is C16H21N5O2. The monoisotopic (exact) mass is 315 g/mol. The van der Waals surface area contributed by atoms with Crippen molar-refractivity contribution in [1.29, 1.82) is 0 Å². The molecule has 2 aliphatic heterocycles. The zero-order valence-electron chi connectivity index (χ0n) is 13.1. The molecule has 0 aromatic carbocycles. The van der Waals surface area contributed by atoms with Crippen LogP contribution in [0.2, 0.25) is 0 Å². The summed E-state index contributed by atoms with van der Waals surface area (Å²) < 4.78 is 7.17. The Morgan fingerprint density at radius 2 is 2.09 bits per heavy atom. The van der Waals surface area contributed by atoms with E-state index in [1.807, 2.05) is 21.7 Å². The van der Waals surface area contributed by atoms with E-state index in [-0.39, 0.29) is 11.8 Å². The minimum absolute atomic E-state index is 0.0480. The zero-order chi connectivity index (χ0) is 15.6. The number of ether oxygens (including phenoxy) is 1. The molecule has 0 aliphatic carbocycles. The van der Waals surface area contributed by atoms with Gasteiger partial charge in [-0.15, -0.1) is 0 Å². The number of anilines is 1. The minimum atomic E-state index is 0.0480. The normalized spacial score (nSPS) is 22.5. The summed E-state index contributed by atoms with van der Waals surface area (Å²) in [5, 5.41) is 4.26. The summed E-state index contributed by atoms with van der Waals surface area (Å²) in [6, 6.07) is 1.97. The summed E-state index contributed by atoms with van der Waals surface area (Å²) in [5.41, 5.74) is 0.993. The van der Waals surface area contributed by atoms with Gasteiger partial charge < -0.3 is 14.5 Å². The second-order valence-corrected chi connectivity index (χ2v) is 6.13. The lowest BCUT2D eigenvalue weighted by Crippen LogP contribution is -2.48. The van der Waals surface area contributed by atoms with Crippen molar-refractivity contribution in [3.8, 4) is 0 Å². The highest BCUT2D eigenvalue weighted by molar-refractivity contribution is 5.80. The molecule has 2 aromatic rings. The van der Waals surface area contributed by atoms with Crippen LogP contribution in [-0.2, 0) is 9.53 Å². The van der Waals surface area contributed by atoms with Gasteiger partial charge in [0.2, 0.25) is 5.91 Å². The van der Waals surface area contributed by atoms with E-state index in [9.17, 15) is 4.79 Å². The molecule has 2 saturated heterocycles. The lowest BCUT2D eigenvalue weighted by Gasteiger charge is -2.36. The Morgan fingerprint density at radius 3 is 2.96 bits per heavy atom. The SMILES string of the molecule is O=C(C1CCCN(c2nccn3nccc23)C1)N1CCOCC1. The van der Waals surface area contributed by atoms with Crippen LogP contribution < -0.4 is 4.90 Å². The Bertz CT molecular complexity index is 695. The van der Waals surface area contributed by atoms with Crippen LogP contribution in [-0.4, -0.2) is 64.8 Å². The number of amides is 1. The molecule has 0 saturated carbocycles. The zero-order valence-corrected chi connectivity index (χ0v) is 13.1. The fourth-order valence-corrected chi connectivity index (χ4v) is 3.50. The number of hydrogen-bond acceptors (Lipinski definition) is 5. The number of fused-ring (bicyclic) bond motifs is 1. The molecule has 122 valence electrons. The van der Waals surface area contributed by atoms with E-state index in [1.54, 1.807) is 12.4 Å². The first-order valence-corrected chi connectivity index (χ1v) is 8.23. The molecule has 1 atom stereocenters. The predicted molar refractivity (Wildman–Crippen MR) is 85.3 cm³/mol. The van der Waals surface area contributed by atoms with Crippen molar-refractivity contribution in [2.24, 2.45) is 5.92 Å². The Morgan fingerprint density at radius 1 is 1.22 bits per heavy atom. The molecule has 2 fully saturated rings. The van der Waals surface area contributed by atoms with Crippen LogP contribution in [0.1, 0.15) is 12.8 Å². The lowest BCUT2D eigenvalue weighted by atomic mass is 9.96. The number of carbonyl (C=O) groups is 1. The van der Waals surface area contributed by atoms with E-state index in [0.29, 0.717) is 26.3 Å². The molecular weight excluding hydrogens is 294 g/mol. The Labute approximate surface area is 134 Å². The smallest absolute Gasteiger partial charge is 0.227 e. The fourth-order valence-electron chi connectivity index (χ4n) is 3.50. The van der Waals surface area contributed by atoms with Gasteiger partial charge in [0.1, 0.15) is 5.52 Å². The average molecular weight is 315 g/mol. The van der Waals surface area contributed by atoms with Gasteiger partial charge in [-0.3, -0.25) is 4.79 Å².